The molecule has 0 N–H and O–H groups in total. The average Bonchev–Trinajstić information content (AvgIpc) is 1.88. The maximum Gasteiger partial charge on any atom is 0.306 e. The van der Waals surface area contributed by atoms with Crippen LogP contribution in [0.1, 0.15) is 54.4 Å². The molecule has 0 aliphatic heterocycles. The van der Waals surface area contributed by atoms with E-state index in [4.69, 9.17) is 4.74 Å². The minimum absolute atomic E-state index is 0.102. The Morgan fingerprint density at radius 1 is 1.25 bits per heavy atom. The fourth-order valence-electron chi connectivity index (χ4n) is 0.597. The van der Waals surface area contributed by atoms with Crippen LogP contribution < -0.4 is 0 Å². The highest BCUT2D eigenvalue weighted by molar-refractivity contribution is 5.69. The van der Waals surface area contributed by atoms with E-state index in [0.717, 1.165) is 6.42 Å². The molecule has 0 aromatic heterocycles. The van der Waals surface area contributed by atoms with Crippen molar-refractivity contribution in [3.63, 3.8) is 0 Å². The van der Waals surface area contributed by atoms with Gasteiger partial charge >= 0.3 is 5.97 Å². The van der Waals surface area contributed by atoms with Gasteiger partial charge in [-0.05, 0) is 27.2 Å². The van der Waals surface area contributed by atoms with Gasteiger partial charge in [0.2, 0.25) is 0 Å². The number of hydrogen-bond acceptors (Lipinski definition) is 2. The van der Waals surface area contributed by atoms with E-state index in [1.54, 1.807) is 0 Å². The third-order valence-electron chi connectivity index (χ3n) is 0.874. The second kappa shape index (κ2) is 7.14. The van der Waals surface area contributed by atoms with Gasteiger partial charge in [-0.2, -0.15) is 0 Å². The molecule has 0 saturated carbocycles. The lowest BCUT2D eigenvalue weighted by Crippen LogP contribution is -2.23. The van der Waals surface area contributed by atoms with Crippen molar-refractivity contribution in [3.05, 3.63) is 0 Å². The van der Waals surface area contributed by atoms with Crippen LogP contribution in [0.3, 0.4) is 0 Å². The van der Waals surface area contributed by atoms with Crippen LogP contribution in [0.2, 0.25) is 0 Å². The second-order valence-corrected chi connectivity index (χ2v) is 3.34. The molecule has 2 heteroatoms. The zero-order valence-corrected chi connectivity index (χ0v) is 9.23. The van der Waals surface area contributed by atoms with Gasteiger partial charge in [-0.1, -0.05) is 20.8 Å². The first kappa shape index (κ1) is 14.0. The van der Waals surface area contributed by atoms with E-state index in [2.05, 4.69) is 0 Å². The molecule has 0 amide bonds. The lowest BCUT2D eigenvalue weighted by atomic mass is 10.2. The number of carbonyl (C=O) groups excluding carboxylic acids is 1. The van der Waals surface area contributed by atoms with Crippen molar-refractivity contribution in [2.24, 2.45) is 0 Å². The van der Waals surface area contributed by atoms with Crippen molar-refractivity contribution < 1.29 is 9.53 Å². The normalized spacial score (nSPS) is 9.83. The summed E-state index contributed by atoms with van der Waals surface area (Å²) in [5, 5.41) is 0. The molecular formula is C10H22O2. The monoisotopic (exact) mass is 174 g/mol. The summed E-state index contributed by atoms with van der Waals surface area (Å²) in [5.41, 5.74) is -0.327. The van der Waals surface area contributed by atoms with Gasteiger partial charge in [-0.15, -0.1) is 0 Å². The molecule has 0 fully saturated rings. The van der Waals surface area contributed by atoms with E-state index in [0.29, 0.717) is 6.42 Å². The molecule has 0 aromatic rings. The fourth-order valence-corrected chi connectivity index (χ4v) is 0.597. The van der Waals surface area contributed by atoms with Gasteiger partial charge in [0.05, 0.1) is 0 Å². The summed E-state index contributed by atoms with van der Waals surface area (Å²) in [5.74, 6) is -0.102. The lowest BCUT2D eigenvalue weighted by Gasteiger charge is -2.18. The predicted molar refractivity (Wildman–Crippen MR) is 52.1 cm³/mol. The van der Waals surface area contributed by atoms with Crippen LogP contribution in [0.5, 0.6) is 0 Å². The smallest absolute Gasteiger partial charge is 0.306 e. The third-order valence-corrected chi connectivity index (χ3v) is 0.874. The Morgan fingerprint density at radius 2 is 1.67 bits per heavy atom. The SMILES string of the molecule is CC.CCCC(=O)OC(C)(C)C. The number of carbonyl (C=O) groups is 1. The van der Waals surface area contributed by atoms with Crippen LogP contribution in [0.4, 0.5) is 0 Å². The van der Waals surface area contributed by atoms with Gasteiger partial charge in [-0.25, -0.2) is 0 Å². The van der Waals surface area contributed by atoms with Gasteiger partial charge in [0, 0.05) is 6.42 Å². The molecule has 0 radical (unpaired) electrons. The maximum absolute atomic E-state index is 10.8. The Labute approximate surface area is 76.3 Å². The molecule has 0 rings (SSSR count). The molecule has 0 spiro atoms. The summed E-state index contributed by atoms with van der Waals surface area (Å²) in [4.78, 5) is 10.8. The van der Waals surface area contributed by atoms with Crippen LogP contribution in [0, 0.1) is 0 Å². The largest absolute Gasteiger partial charge is 0.460 e. The molecule has 0 atom stereocenters. The molecule has 0 saturated heterocycles. The summed E-state index contributed by atoms with van der Waals surface area (Å²) in [6.45, 7) is 11.6. The first-order valence-electron chi connectivity index (χ1n) is 4.67. The first-order valence-corrected chi connectivity index (χ1v) is 4.67. The second-order valence-electron chi connectivity index (χ2n) is 3.34. The van der Waals surface area contributed by atoms with Crippen molar-refractivity contribution in [2.45, 2.75) is 60.0 Å². The molecule has 0 aromatic carbocycles. The Morgan fingerprint density at radius 3 is 1.92 bits per heavy atom. The number of esters is 1. The van der Waals surface area contributed by atoms with Crippen molar-refractivity contribution in [1.82, 2.24) is 0 Å². The van der Waals surface area contributed by atoms with Crippen molar-refractivity contribution in [3.8, 4) is 0 Å². The lowest BCUT2D eigenvalue weighted by molar-refractivity contribution is -0.154. The molecule has 0 aliphatic carbocycles. The van der Waals surface area contributed by atoms with Gasteiger partial charge < -0.3 is 4.74 Å². The molecular weight excluding hydrogens is 152 g/mol. The Kier molecular flexibility index (Phi) is 8.34. The highest BCUT2D eigenvalue weighted by atomic mass is 16.6. The van der Waals surface area contributed by atoms with E-state index in [-0.39, 0.29) is 11.6 Å². The Balaban J connectivity index is 0. The summed E-state index contributed by atoms with van der Waals surface area (Å²) in [7, 11) is 0. The Bertz CT molecular complexity index is 111. The van der Waals surface area contributed by atoms with Crippen molar-refractivity contribution >= 4 is 5.97 Å². The molecule has 0 unspecified atom stereocenters. The topological polar surface area (TPSA) is 26.3 Å². The Hall–Kier alpha value is -0.530. The van der Waals surface area contributed by atoms with Crippen LogP contribution in [0.15, 0.2) is 0 Å². The van der Waals surface area contributed by atoms with Gasteiger partial charge in [0.25, 0.3) is 0 Å². The molecule has 74 valence electrons. The highest BCUT2D eigenvalue weighted by Crippen LogP contribution is 2.08. The zero-order valence-electron chi connectivity index (χ0n) is 9.23. The van der Waals surface area contributed by atoms with Crippen LogP contribution >= 0.6 is 0 Å². The highest BCUT2D eigenvalue weighted by Gasteiger charge is 2.14. The van der Waals surface area contributed by atoms with E-state index in [1.165, 1.54) is 0 Å². The van der Waals surface area contributed by atoms with E-state index < -0.39 is 0 Å². The van der Waals surface area contributed by atoms with Crippen LogP contribution in [-0.2, 0) is 9.53 Å². The minimum atomic E-state index is -0.327. The summed E-state index contributed by atoms with van der Waals surface area (Å²) in [6, 6.07) is 0. The van der Waals surface area contributed by atoms with Crippen LogP contribution in [0.25, 0.3) is 0 Å². The quantitative estimate of drug-likeness (QED) is 0.601. The molecule has 12 heavy (non-hydrogen) atoms. The predicted octanol–water partition coefficient (Wildman–Crippen LogP) is 3.15. The van der Waals surface area contributed by atoms with Crippen molar-refractivity contribution in [2.75, 3.05) is 0 Å². The molecule has 2 nitrogen and oxygen atoms in total. The first-order chi connectivity index (χ1) is 5.45. The molecule has 0 heterocycles. The minimum Gasteiger partial charge on any atom is -0.460 e. The third kappa shape index (κ3) is 12.2. The summed E-state index contributed by atoms with van der Waals surface area (Å²) < 4.78 is 5.04. The number of rotatable bonds is 2. The van der Waals surface area contributed by atoms with E-state index in [9.17, 15) is 4.79 Å². The van der Waals surface area contributed by atoms with E-state index in [1.807, 2.05) is 41.5 Å². The molecule has 0 bridgehead atoms. The number of hydrogen-bond donors (Lipinski definition) is 0. The van der Waals surface area contributed by atoms with Gasteiger partial charge in [0.1, 0.15) is 5.60 Å². The maximum atomic E-state index is 10.8. The standard InChI is InChI=1S/C8H16O2.C2H6/c1-5-6-7(9)10-8(2,3)4;1-2/h5-6H2,1-4H3;1-2H3. The van der Waals surface area contributed by atoms with Crippen molar-refractivity contribution in [1.29, 1.82) is 0 Å². The summed E-state index contributed by atoms with van der Waals surface area (Å²) in [6.07, 6.45) is 1.38. The average molecular weight is 174 g/mol. The molecule has 0 aliphatic rings. The fraction of sp³-hybridized carbons (Fsp3) is 0.900. The van der Waals surface area contributed by atoms with E-state index >= 15 is 0 Å². The zero-order chi connectivity index (χ0) is 10.2. The summed E-state index contributed by atoms with van der Waals surface area (Å²) >= 11 is 0. The van der Waals surface area contributed by atoms with Gasteiger partial charge in [0.15, 0.2) is 0 Å². The van der Waals surface area contributed by atoms with Crippen LogP contribution in [-0.4, -0.2) is 11.6 Å². The number of ether oxygens (including phenoxy) is 1. The van der Waals surface area contributed by atoms with Gasteiger partial charge in [-0.3, -0.25) is 4.79 Å².